The van der Waals surface area contributed by atoms with Gasteiger partial charge >= 0.3 is 0 Å². The maximum absolute atomic E-state index is 10.3. The first kappa shape index (κ1) is 21.9. The molecular formula is C21H43NO2. The van der Waals surface area contributed by atoms with Gasteiger partial charge in [0.15, 0.2) is 0 Å². The molecule has 0 aromatic rings. The highest BCUT2D eigenvalue weighted by molar-refractivity contribution is 4.92. The zero-order chi connectivity index (χ0) is 18.2. The van der Waals surface area contributed by atoms with E-state index in [1.165, 1.54) is 57.8 Å². The fraction of sp³-hybridized carbons (Fsp3) is 1.00. The molecule has 0 aliphatic heterocycles. The highest BCUT2D eigenvalue weighted by atomic mass is 16.5. The van der Waals surface area contributed by atoms with Crippen LogP contribution in [0.25, 0.3) is 0 Å². The van der Waals surface area contributed by atoms with E-state index in [-0.39, 0.29) is 17.6 Å². The first-order valence-electron chi connectivity index (χ1n) is 10.2. The lowest BCUT2D eigenvalue weighted by Gasteiger charge is -2.46. The summed E-state index contributed by atoms with van der Waals surface area (Å²) in [7, 11) is 1.82. The molecule has 24 heavy (non-hydrogen) atoms. The molecule has 0 spiro atoms. The number of aliphatic hydroxyl groups excluding tert-OH is 1. The fourth-order valence-electron chi connectivity index (χ4n) is 4.76. The van der Waals surface area contributed by atoms with Crippen molar-refractivity contribution in [1.29, 1.82) is 0 Å². The van der Waals surface area contributed by atoms with E-state index in [2.05, 4.69) is 27.7 Å². The Labute approximate surface area is 150 Å². The maximum atomic E-state index is 10.3. The van der Waals surface area contributed by atoms with Crippen LogP contribution in [0.5, 0.6) is 0 Å². The van der Waals surface area contributed by atoms with E-state index < -0.39 is 0 Å². The van der Waals surface area contributed by atoms with Gasteiger partial charge in [0.25, 0.3) is 0 Å². The molecule has 3 N–H and O–H groups in total. The third-order valence-electron chi connectivity index (χ3n) is 6.86. The van der Waals surface area contributed by atoms with Crippen molar-refractivity contribution in [3.8, 4) is 0 Å². The van der Waals surface area contributed by atoms with Crippen molar-refractivity contribution in [3.05, 3.63) is 0 Å². The minimum Gasteiger partial charge on any atom is -0.392 e. The summed E-state index contributed by atoms with van der Waals surface area (Å²) in [6, 6.07) is 0. The van der Waals surface area contributed by atoms with Gasteiger partial charge in [-0.15, -0.1) is 0 Å². The molecule has 3 atom stereocenters. The number of methoxy groups -OCH3 is 1. The number of nitrogens with two attached hydrogens (primary N) is 1. The van der Waals surface area contributed by atoms with E-state index in [9.17, 15) is 5.11 Å². The molecule has 1 aliphatic rings. The maximum Gasteiger partial charge on any atom is 0.0667 e. The SMILES string of the molecule is CCC[C@H](CCC(C)(C)[C@@H](C)OC)C1(CC(O)CN)CCCCC1. The summed E-state index contributed by atoms with van der Waals surface area (Å²) in [4.78, 5) is 0. The molecule has 0 amide bonds. The molecule has 1 unspecified atom stereocenters. The van der Waals surface area contributed by atoms with Crippen LogP contribution in [0.1, 0.15) is 91.9 Å². The molecule has 0 heterocycles. The topological polar surface area (TPSA) is 55.5 Å². The van der Waals surface area contributed by atoms with Crippen LogP contribution in [-0.4, -0.2) is 31.0 Å². The minimum atomic E-state index is -0.339. The predicted molar refractivity (Wildman–Crippen MR) is 103 cm³/mol. The molecule has 0 saturated heterocycles. The van der Waals surface area contributed by atoms with Crippen LogP contribution in [-0.2, 0) is 4.74 Å². The zero-order valence-corrected chi connectivity index (χ0v) is 16.9. The number of hydrogen-bond acceptors (Lipinski definition) is 3. The molecule has 0 radical (unpaired) electrons. The van der Waals surface area contributed by atoms with Crippen molar-refractivity contribution < 1.29 is 9.84 Å². The Morgan fingerprint density at radius 3 is 2.29 bits per heavy atom. The Morgan fingerprint density at radius 2 is 1.79 bits per heavy atom. The number of hydrogen-bond donors (Lipinski definition) is 2. The van der Waals surface area contributed by atoms with Crippen molar-refractivity contribution in [1.82, 2.24) is 0 Å². The summed E-state index contributed by atoms with van der Waals surface area (Å²) in [6.07, 6.45) is 12.3. The highest BCUT2D eigenvalue weighted by Gasteiger charge is 2.41. The van der Waals surface area contributed by atoms with Gasteiger partial charge in [0.2, 0.25) is 0 Å². The summed E-state index contributed by atoms with van der Waals surface area (Å²) >= 11 is 0. The summed E-state index contributed by atoms with van der Waals surface area (Å²) in [6.45, 7) is 9.53. The average Bonchev–Trinajstić information content (AvgIpc) is 2.58. The van der Waals surface area contributed by atoms with Crippen molar-refractivity contribution in [2.75, 3.05) is 13.7 Å². The second kappa shape index (κ2) is 10.1. The largest absolute Gasteiger partial charge is 0.392 e. The smallest absolute Gasteiger partial charge is 0.0667 e. The summed E-state index contributed by atoms with van der Waals surface area (Å²) < 4.78 is 5.60. The van der Waals surface area contributed by atoms with E-state index in [1.54, 1.807) is 0 Å². The Hall–Kier alpha value is -0.120. The van der Waals surface area contributed by atoms with Crippen LogP contribution >= 0.6 is 0 Å². The van der Waals surface area contributed by atoms with Gasteiger partial charge in [-0.05, 0) is 55.8 Å². The van der Waals surface area contributed by atoms with Gasteiger partial charge in [0, 0.05) is 13.7 Å². The van der Waals surface area contributed by atoms with Gasteiger partial charge in [-0.25, -0.2) is 0 Å². The zero-order valence-electron chi connectivity index (χ0n) is 16.9. The first-order chi connectivity index (χ1) is 11.3. The van der Waals surface area contributed by atoms with Crippen LogP contribution < -0.4 is 5.73 Å². The molecular weight excluding hydrogens is 298 g/mol. The van der Waals surface area contributed by atoms with E-state index in [1.807, 2.05) is 7.11 Å². The van der Waals surface area contributed by atoms with E-state index >= 15 is 0 Å². The van der Waals surface area contributed by atoms with Crippen molar-refractivity contribution >= 4 is 0 Å². The predicted octanol–water partition coefficient (Wildman–Crippen LogP) is 4.90. The molecule has 1 aliphatic carbocycles. The lowest BCUT2D eigenvalue weighted by molar-refractivity contribution is -0.0104. The molecule has 1 rings (SSSR count). The quantitative estimate of drug-likeness (QED) is 0.562. The van der Waals surface area contributed by atoms with Crippen LogP contribution in [0.2, 0.25) is 0 Å². The summed E-state index contributed by atoms with van der Waals surface area (Å²) in [5, 5.41) is 10.3. The molecule has 144 valence electrons. The molecule has 1 fully saturated rings. The van der Waals surface area contributed by atoms with Crippen molar-refractivity contribution in [2.45, 2.75) is 104 Å². The third-order valence-corrected chi connectivity index (χ3v) is 6.86. The lowest BCUT2D eigenvalue weighted by Crippen LogP contribution is -2.39. The van der Waals surface area contributed by atoms with Gasteiger partial charge in [-0.1, -0.05) is 52.9 Å². The van der Waals surface area contributed by atoms with E-state index in [4.69, 9.17) is 10.5 Å². The van der Waals surface area contributed by atoms with Crippen LogP contribution in [0, 0.1) is 16.7 Å². The third kappa shape index (κ3) is 6.00. The van der Waals surface area contributed by atoms with E-state index in [0.717, 1.165) is 6.42 Å². The molecule has 0 aromatic carbocycles. The second-order valence-electron chi connectivity index (χ2n) is 8.91. The molecule has 0 aromatic heterocycles. The molecule has 1 saturated carbocycles. The fourth-order valence-corrected chi connectivity index (χ4v) is 4.76. The summed E-state index contributed by atoms with van der Waals surface area (Å²) in [5.74, 6) is 0.701. The molecule has 3 heteroatoms. The molecule has 3 nitrogen and oxygen atoms in total. The summed E-state index contributed by atoms with van der Waals surface area (Å²) in [5.41, 5.74) is 6.26. The normalized spacial score (nSPS) is 22.1. The highest BCUT2D eigenvalue weighted by Crippen LogP contribution is 2.50. The monoisotopic (exact) mass is 341 g/mol. The molecule has 0 bridgehead atoms. The minimum absolute atomic E-state index is 0.198. The Kier molecular flexibility index (Phi) is 9.25. The Morgan fingerprint density at radius 1 is 1.17 bits per heavy atom. The van der Waals surface area contributed by atoms with Crippen LogP contribution in [0.3, 0.4) is 0 Å². The lowest BCUT2D eigenvalue weighted by atomic mass is 9.60. The van der Waals surface area contributed by atoms with Crippen molar-refractivity contribution in [2.24, 2.45) is 22.5 Å². The van der Waals surface area contributed by atoms with E-state index in [0.29, 0.717) is 17.9 Å². The van der Waals surface area contributed by atoms with Crippen LogP contribution in [0.15, 0.2) is 0 Å². The van der Waals surface area contributed by atoms with Gasteiger partial charge in [0.1, 0.15) is 0 Å². The number of ether oxygens (including phenoxy) is 1. The van der Waals surface area contributed by atoms with Crippen molar-refractivity contribution in [3.63, 3.8) is 0 Å². The Bertz CT molecular complexity index is 337. The number of rotatable bonds is 11. The second-order valence-corrected chi connectivity index (χ2v) is 8.91. The van der Waals surface area contributed by atoms with Gasteiger partial charge in [0.05, 0.1) is 12.2 Å². The average molecular weight is 342 g/mol. The Balaban J connectivity index is 2.87. The first-order valence-corrected chi connectivity index (χ1v) is 10.2. The van der Waals surface area contributed by atoms with Gasteiger partial charge < -0.3 is 15.6 Å². The van der Waals surface area contributed by atoms with Gasteiger partial charge in [-0.3, -0.25) is 0 Å². The van der Waals surface area contributed by atoms with Crippen LogP contribution in [0.4, 0.5) is 0 Å². The standard InChI is InChI=1S/C21H43NO2/c1-6-10-18(11-14-20(3,4)17(2)24-5)21(15-19(23)16-22)12-8-7-9-13-21/h17-19,23H,6-16,22H2,1-5H3/t17-,18-,19?/m1/s1. The van der Waals surface area contributed by atoms with Gasteiger partial charge in [-0.2, -0.15) is 0 Å². The number of aliphatic hydroxyl groups is 1.